The Bertz CT molecular complexity index is 186. The van der Waals surface area contributed by atoms with E-state index in [1.807, 2.05) is 0 Å². The molecule has 0 aromatic heterocycles. The molecule has 0 aromatic rings. The van der Waals surface area contributed by atoms with E-state index in [1.165, 1.54) is 103 Å². The van der Waals surface area contributed by atoms with Gasteiger partial charge < -0.3 is 0 Å². The smallest absolute Gasteiger partial charge is 0.0726 e. The molecule has 22 heavy (non-hydrogen) atoms. The molecule has 0 aromatic carbocycles. The van der Waals surface area contributed by atoms with Crippen LogP contribution in [0.4, 0.5) is 0 Å². The number of unbranched alkanes of at least 4 members (excludes halogenated alkanes) is 12. The molecule has 0 unspecified atom stereocenters. The highest BCUT2D eigenvalue weighted by Gasteiger charge is 2.15. The number of halogens is 2. The van der Waals surface area contributed by atoms with Gasteiger partial charge in [0.05, 0.1) is 3.74 Å². The normalized spacial score (nSPS) is 11.7. The minimum Gasteiger partial charge on any atom is -0.0762 e. The van der Waals surface area contributed by atoms with Crippen LogP contribution in [-0.4, -0.2) is 3.74 Å². The fourth-order valence-corrected chi connectivity index (χ4v) is 4.18. The Labute approximate surface area is 157 Å². The molecule has 0 saturated heterocycles. The van der Waals surface area contributed by atoms with Gasteiger partial charge >= 0.3 is 0 Å². The molecule has 0 radical (unpaired) electrons. The van der Waals surface area contributed by atoms with Gasteiger partial charge in [-0.3, -0.25) is 0 Å². The lowest BCUT2D eigenvalue weighted by atomic mass is 9.95. The van der Waals surface area contributed by atoms with Crippen molar-refractivity contribution in [1.29, 1.82) is 0 Å². The fourth-order valence-electron chi connectivity index (χ4n) is 3.12. The van der Waals surface area contributed by atoms with Gasteiger partial charge in [-0.25, -0.2) is 0 Å². The zero-order chi connectivity index (χ0) is 16.5. The summed E-state index contributed by atoms with van der Waals surface area (Å²) in [5.74, 6) is 0.825. The van der Waals surface area contributed by atoms with Crippen molar-refractivity contribution in [3.63, 3.8) is 0 Å². The first-order valence-corrected chi connectivity index (χ1v) is 11.8. The molecule has 0 rings (SSSR count). The molecular formula is C20H40Br2. The van der Waals surface area contributed by atoms with Crippen molar-refractivity contribution in [3.8, 4) is 0 Å². The lowest BCUT2D eigenvalue weighted by molar-refractivity contribution is 0.430. The van der Waals surface area contributed by atoms with Crippen molar-refractivity contribution in [3.05, 3.63) is 0 Å². The summed E-state index contributed by atoms with van der Waals surface area (Å²) in [6.07, 6.45) is 22.7. The van der Waals surface area contributed by atoms with Crippen LogP contribution in [0, 0.1) is 5.92 Å². The zero-order valence-corrected chi connectivity index (χ0v) is 18.4. The fraction of sp³-hybridized carbons (Fsp3) is 1.00. The number of rotatable bonds is 17. The van der Waals surface area contributed by atoms with Crippen molar-refractivity contribution >= 4 is 31.9 Å². The van der Waals surface area contributed by atoms with E-state index in [1.54, 1.807) is 0 Å². The Hall–Kier alpha value is 0.960. The van der Waals surface area contributed by atoms with Gasteiger partial charge in [-0.15, -0.1) is 0 Å². The molecule has 0 amide bonds. The topological polar surface area (TPSA) is 0 Å². The summed E-state index contributed by atoms with van der Waals surface area (Å²) in [7, 11) is 0. The zero-order valence-electron chi connectivity index (χ0n) is 15.2. The molecule has 2 heteroatoms. The second kappa shape index (κ2) is 18.3. The number of hydrogen-bond donors (Lipinski definition) is 0. The minimum atomic E-state index is 0.514. The van der Waals surface area contributed by atoms with Crippen LogP contribution in [-0.2, 0) is 0 Å². The predicted octanol–water partition coefficient (Wildman–Crippen LogP) is 9.00. The van der Waals surface area contributed by atoms with Gasteiger partial charge in [-0.05, 0) is 18.8 Å². The Morgan fingerprint density at radius 3 is 1.14 bits per heavy atom. The Morgan fingerprint density at radius 2 is 0.818 bits per heavy atom. The Morgan fingerprint density at radius 1 is 0.500 bits per heavy atom. The maximum absolute atomic E-state index is 3.76. The van der Waals surface area contributed by atoms with Gasteiger partial charge in [0.2, 0.25) is 0 Å². The first-order valence-electron chi connectivity index (χ1n) is 10.0. The predicted molar refractivity (Wildman–Crippen MR) is 110 cm³/mol. The van der Waals surface area contributed by atoms with Crippen LogP contribution in [0.2, 0.25) is 0 Å². The molecule has 0 nitrogen and oxygen atoms in total. The van der Waals surface area contributed by atoms with Crippen LogP contribution in [0.3, 0.4) is 0 Å². The van der Waals surface area contributed by atoms with Gasteiger partial charge in [0.25, 0.3) is 0 Å². The van der Waals surface area contributed by atoms with Crippen molar-refractivity contribution in [1.82, 2.24) is 0 Å². The molecular weight excluding hydrogens is 400 g/mol. The van der Waals surface area contributed by atoms with E-state index in [-0.39, 0.29) is 0 Å². The summed E-state index contributed by atoms with van der Waals surface area (Å²) in [4.78, 5) is 0. The van der Waals surface area contributed by atoms with Gasteiger partial charge in [-0.1, -0.05) is 136 Å². The molecule has 0 N–H and O–H groups in total. The molecule has 0 spiro atoms. The standard InChI is InChI=1S/C20H40Br2/c1-3-5-7-9-11-13-15-17-19(20(21)22)18-16-14-12-10-8-6-4-2/h19-20H,3-18H2,1-2H3. The Balaban J connectivity index is 3.49. The highest BCUT2D eigenvalue weighted by Crippen LogP contribution is 2.29. The monoisotopic (exact) mass is 438 g/mol. The van der Waals surface area contributed by atoms with E-state index in [2.05, 4.69) is 45.7 Å². The molecule has 0 fully saturated rings. The van der Waals surface area contributed by atoms with E-state index in [4.69, 9.17) is 0 Å². The van der Waals surface area contributed by atoms with Crippen molar-refractivity contribution in [2.75, 3.05) is 0 Å². The molecule has 0 heterocycles. The molecule has 0 aliphatic carbocycles. The maximum atomic E-state index is 3.76. The highest BCUT2D eigenvalue weighted by molar-refractivity contribution is 9.24. The average Bonchev–Trinajstić information content (AvgIpc) is 2.50. The van der Waals surface area contributed by atoms with Crippen LogP contribution in [0.1, 0.15) is 117 Å². The van der Waals surface area contributed by atoms with E-state index < -0.39 is 0 Å². The SMILES string of the molecule is CCCCCCCCCC(CCCCCCCCC)C(Br)Br. The van der Waals surface area contributed by atoms with Gasteiger partial charge in [0, 0.05) is 0 Å². The van der Waals surface area contributed by atoms with Gasteiger partial charge in [0.1, 0.15) is 0 Å². The number of hydrogen-bond acceptors (Lipinski definition) is 0. The lowest BCUT2D eigenvalue weighted by Crippen LogP contribution is -2.08. The Kier molecular flexibility index (Phi) is 19.1. The average molecular weight is 440 g/mol. The van der Waals surface area contributed by atoms with Crippen LogP contribution in [0.5, 0.6) is 0 Å². The third-order valence-electron chi connectivity index (χ3n) is 4.71. The lowest BCUT2D eigenvalue weighted by Gasteiger charge is -2.18. The quantitative estimate of drug-likeness (QED) is 0.156. The summed E-state index contributed by atoms with van der Waals surface area (Å²) >= 11 is 7.53. The second-order valence-electron chi connectivity index (χ2n) is 6.91. The van der Waals surface area contributed by atoms with Crippen LogP contribution in [0.15, 0.2) is 0 Å². The van der Waals surface area contributed by atoms with E-state index >= 15 is 0 Å². The first kappa shape index (κ1) is 23.0. The molecule has 134 valence electrons. The first-order chi connectivity index (χ1) is 10.7. The number of alkyl halides is 2. The van der Waals surface area contributed by atoms with E-state index in [0.717, 1.165) is 5.92 Å². The van der Waals surface area contributed by atoms with Gasteiger partial charge in [0.15, 0.2) is 0 Å². The minimum absolute atomic E-state index is 0.514. The molecule has 0 aliphatic heterocycles. The van der Waals surface area contributed by atoms with Crippen LogP contribution >= 0.6 is 31.9 Å². The summed E-state index contributed by atoms with van der Waals surface area (Å²) in [6, 6.07) is 0. The maximum Gasteiger partial charge on any atom is 0.0726 e. The molecule has 0 saturated carbocycles. The largest absolute Gasteiger partial charge is 0.0762 e. The van der Waals surface area contributed by atoms with E-state index in [9.17, 15) is 0 Å². The highest BCUT2D eigenvalue weighted by atomic mass is 79.9. The van der Waals surface area contributed by atoms with Gasteiger partial charge in [-0.2, -0.15) is 0 Å². The summed E-state index contributed by atoms with van der Waals surface area (Å²) in [5.41, 5.74) is 0. The van der Waals surface area contributed by atoms with E-state index in [0.29, 0.717) is 3.74 Å². The van der Waals surface area contributed by atoms with Crippen molar-refractivity contribution in [2.24, 2.45) is 5.92 Å². The molecule has 0 aliphatic rings. The molecule has 0 bridgehead atoms. The summed E-state index contributed by atoms with van der Waals surface area (Å²) < 4.78 is 0.514. The summed E-state index contributed by atoms with van der Waals surface area (Å²) in [6.45, 7) is 4.58. The van der Waals surface area contributed by atoms with Crippen molar-refractivity contribution in [2.45, 2.75) is 120 Å². The van der Waals surface area contributed by atoms with Crippen LogP contribution < -0.4 is 0 Å². The van der Waals surface area contributed by atoms with Crippen molar-refractivity contribution < 1.29 is 0 Å². The van der Waals surface area contributed by atoms with Crippen LogP contribution in [0.25, 0.3) is 0 Å². The molecule has 0 atom stereocenters. The third-order valence-corrected chi connectivity index (χ3v) is 6.21. The third kappa shape index (κ3) is 15.8. The second-order valence-corrected chi connectivity index (χ2v) is 10.1. The summed E-state index contributed by atoms with van der Waals surface area (Å²) in [5, 5.41) is 0.